The Kier molecular flexibility index (Phi) is 5.00. The zero-order chi connectivity index (χ0) is 13.5. The molecule has 6 heteroatoms. The molecular weight excluding hydrogens is 244 g/mol. The molecule has 1 fully saturated rings. The number of nitrogens with zero attached hydrogens (tertiary/aromatic N) is 2. The predicted molar refractivity (Wildman–Crippen MR) is 74.7 cm³/mol. The van der Waals surface area contributed by atoms with Gasteiger partial charge in [-0.3, -0.25) is 4.90 Å². The molecule has 1 aliphatic rings. The molecule has 19 heavy (non-hydrogen) atoms. The van der Waals surface area contributed by atoms with Crippen molar-refractivity contribution in [3.8, 4) is 5.75 Å². The largest absolute Gasteiger partial charge is 0.490 e. The van der Waals surface area contributed by atoms with Crippen LogP contribution in [-0.4, -0.2) is 50.3 Å². The number of ether oxygens (including phenoxy) is 2. The normalized spacial score (nSPS) is 16.0. The minimum atomic E-state index is 0.0317. The molecule has 0 bridgehead atoms. The van der Waals surface area contributed by atoms with Crippen LogP contribution in [0.5, 0.6) is 5.75 Å². The first-order valence-electron chi connectivity index (χ1n) is 6.37. The van der Waals surface area contributed by atoms with Gasteiger partial charge in [0, 0.05) is 19.6 Å². The SMILES string of the molecule is NC(N)=Nc1ccccc1OCCN1CCOCC1. The van der Waals surface area contributed by atoms with Gasteiger partial charge in [0.05, 0.1) is 13.2 Å². The molecule has 6 nitrogen and oxygen atoms in total. The van der Waals surface area contributed by atoms with Crippen molar-refractivity contribution in [2.45, 2.75) is 0 Å². The molecule has 1 aliphatic heterocycles. The Morgan fingerprint density at radius 2 is 2.00 bits per heavy atom. The van der Waals surface area contributed by atoms with E-state index in [0.717, 1.165) is 32.8 Å². The van der Waals surface area contributed by atoms with Gasteiger partial charge in [0.25, 0.3) is 0 Å². The van der Waals surface area contributed by atoms with Gasteiger partial charge in [-0.15, -0.1) is 0 Å². The van der Waals surface area contributed by atoms with Crippen LogP contribution >= 0.6 is 0 Å². The lowest BCUT2D eigenvalue weighted by Crippen LogP contribution is -2.38. The van der Waals surface area contributed by atoms with E-state index in [4.69, 9.17) is 20.9 Å². The van der Waals surface area contributed by atoms with Crippen LogP contribution in [0.25, 0.3) is 0 Å². The molecule has 2 rings (SSSR count). The van der Waals surface area contributed by atoms with E-state index in [-0.39, 0.29) is 5.96 Å². The van der Waals surface area contributed by atoms with Crippen molar-refractivity contribution in [1.82, 2.24) is 4.90 Å². The highest BCUT2D eigenvalue weighted by Crippen LogP contribution is 2.26. The maximum absolute atomic E-state index is 5.74. The smallest absolute Gasteiger partial charge is 0.191 e. The van der Waals surface area contributed by atoms with Gasteiger partial charge in [-0.25, -0.2) is 4.99 Å². The van der Waals surface area contributed by atoms with Gasteiger partial charge >= 0.3 is 0 Å². The third-order valence-electron chi connectivity index (χ3n) is 2.88. The molecule has 4 N–H and O–H groups in total. The minimum absolute atomic E-state index is 0.0317. The molecule has 0 spiro atoms. The molecule has 1 aromatic rings. The quantitative estimate of drug-likeness (QED) is 0.590. The van der Waals surface area contributed by atoms with E-state index in [0.29, 0.717) is 18.0 Å². The number of hydrogen-bond donors (Lipinski definition) is 2. The molecule has 1 aromatic carbocycles. The molecule has 1 saturated heterocycles. The first kappa shape index (κ1) is 13.6. The fourth-order valence-corrected chi connectivity index (χ4v) is 1.92. The maximum atomic E-state index is 5.74. The van der Waals surface area contributed by atoms with Crippen molar-refractivity contribution in [2.75, 3.05) is 39.5 Å². The van der Waals surface area contributed by atoms with Gasteiger partial charge in [-0.05, 0) is 12.1 Å². The van der Waals surface area contributed by atoms with Crippen LogP contribution in [0, 0.1) is 0 Å². The second-order valence-electron chi connectivity index (χ2n) is 4.31. The lowest BCUT2D eigenvalue weighted by Gasteiger charge is -2.26. The fourth-order valence-electron chi connectivity index (χ4n) is 1.92. The zero-order valence-electron chi connectivity index (χ0n) is 10.9. The molecule has 0 amide bonds. The topological polar surface area (TPSA) is 86.1 Å². The number of hydrogen-bond acceptors (Lipinski definition) is 4. The van der Waals surface area contributed by atoms with Crippen LogP contribution in [0.4, 0.5) is 5.69 Å². The molecule has 0 atom stereocenters. The monoisotopic (exact) mass is 264 g/mol. The summed E-state index contributed by atoms with van der Waals surface area (Å²) in [5.74, 6) is 0.730. The number of benzene rings is 1. The van der Waals surface area contributed by atoms with Crippen LogP contribution in [0.3, 0.4) is 0 Å². The summed E-state index contributed by atoms with van der Waals surface area (Å²) in [5, 5.41) is 0. The second-order valence-corrected chi connectivity index (χ2v) is 4.31. The summed E-state index contributed by atoms with van der Waals surface area (Å²) in [4.78, 5) is 6.35. The Balaban J connectivity index is 1.86. The van der Waals surface area contributed by atoms with Crippen LogP contribution in [-0.2, 0) is 4.74 Å². The maximum Gasteiger partial charge on any atom is 0.191 e. The minimum Gasteiger partial charge on any atom is -0.490 e. The molecule has 104 valence electrons. The third-order valence-corrected chi connectivity index (χ3v) is 2.88. The number of para-hydroxylation sites is 2. The molecule has 0 aliphatic carbocycles. The van der Waals surface area contributed by atoms with Gasteiger partial charge < -0.3 is 20.9 Å². The van der Waals surface area contributed by atoms with Crippen molar-refractivity contribution in [1.29, 1.82) is 0 Å². The lowest BCUT2D eigenvalue weighted by atomic mass is 10.3. The number of morpholine rings is 1. The Labute approximate surface area is 113 Å². The average Bonchev–Trinajstić information content (AvgIpc) is 2.41. The summed E-state index contributed by atoms with van der Waals surface area (Å²) < 4.78 is 11.0. The summed E-state index contributed by atoms with van der Waals surface area (Å²) in [6.45, 7) is 4.99. The van der Waals surface area contributed by atoms with E-state index < -0.39 is 0 Å². The van der Waals surface area contributed by atoms with E-state index >= 15 is 0 Å². The first-order valence-corrected chi connectivity index (χ1v) is 6.37. The Hall–Kier alpha value is -1.79. The van der Waals surface area contributed by atoms with Crippen molar-refractivity contribution in [3.05, 3.63) is 24.3 Å². The third kappa shape index (κ3) is 4.42. The summed E-state index contributed by atoms with van der Waals surface area (Å²) in [5.41, 5.74) is 11.4. The standard InChI is InChI=1S/C13H20N4O2/c14-13(15)16-11-3-1-2-4-12(11)19-10-7-17-5-8-18-9-6-17/h1-4H,5-10H2,(H4,14,15,16). The number of guanidine groups is 1. The highest BCUT2D eigenvalue weighted by Gasteiger charge is 2.10. The molecular formula is C13H20N4O2. The highest BCUT2D eigenvalue weighted by molar-refractivity contribution is 5.80. The number of nitrogens with two attached hydrogens (primary N) is 2. The highest BCUT2D eigenvalue weighted by atomic mass is 16.5. The van der Waals surface area contributed by atoms with Gasteiger partial charge in [0.2, 0.25) is 0 Å². The molecule has 0 aromatic heterocycles. The Morgan fingerprint density at radius 3 is 2.74 bits per heavy atom. The van der Waals surface area contributed by atoms with Crippen molar-refractivity contribution in [3.63, 3.8) is 0 Å². The summed E-state index contributed by atoms with van der Waals surface area (Å²) in [6.07, 6.45) is 0. The van der Waals surface area contributed by atoms with Gasteiger partial charge in [0.15, 0.2) is 5.96 Å². The first-order chi connectivity index (χ1) is 9.25. The fraction of sp³-hybridized carbons (Fsp3) is 0.462. The summed E-state index contributed by atoms with van der Waals surface area (Å²) in [6, 6.07) is 7.46. The van der Waals surface area contributed by atoms with Crippen LogP contribution in [0.15, 0.2) is 29.3 Å². The molecule has 1 heterocycles. The van der Waals surface area contributed by atoms with Crippen LogP contribution < -0.4 is 16.2 Å². The molecule has 0 saturated carbocycles. The van der Waals surface area contributed by atoms with E-state index in [1.54, 1.807) is 0 Å². The van der Waals surface area contributed by atoms with Gasteiger partial charge in [-0.2, -0.15) is 0 Å². The van der Waals surface area contributed by atoms with Crippen molar-refractivity contribution in [2.24, 2.45) is 16.5 Å². The second kappa shape index (κ2) is 6.96. The van der Waals surface area contributed by atoms with Crippen LogP contribution in [0.1, 0.15) is 0 Å². The van der Waals surface area contributed by atoms with Gasteiger partial charge in [0.1, 0.15) is 18.0 Å². The van der Waals surface area contributed by atoms with E-state index in [1.807, 2.05) is 24.3 Å². The predicted octanol–water partition coefficient (Wildman–Crippen LogP) is 0.302. The number of rotatable bonds is 5. The summed E-state index contributed by atoms with van der Waals surface area (Å²) in [7, 11) is 0. The van der Waals surface area contributed by atoms with Crippen molar-refractivity contribution >= 4 is 11.6 Å². The average molecular weight is 264 g/mol. The van der Waals surface area contributed by atoms with Crippen LogP contribution in [0.2, 0.25) is 0 Å². The lowest BCUT2D eigenvalue weighted by molar-refractivity contribution is 0.0323. The number of aliphatic imine (C=N–C) groups is 1. The Bertz CT molecular complexity index is 426. The van der Waals surface area contributed by atoms with Crippen molar-refractivity contribution < 1.29 is 9.47 Å². The van der Waals surface area contributed by atoms with E-state index in [1.165, 1.54) is 0 Å². The zero-order valence-corrected chi connectivity index (χ0v) is 10.9. The van der Waals surface area contributed by atoms with E-state index in [9.17, 15) is 0 Å². The van der Waals surface area contributed by atoms with E-state index in [2.05, 4.69) is 9.89 Å². The molecule has 0 radical (unpaired) electrons. The molecule has 0 unspecified atom stereocenters. The van der Waals surface area contributed by atoms with Gasteiger partial charge in [-0.1, -0.05) is 12.1 Å². The summed E-state index contributed by atoms with van der Waals surface area (Å²) >= 11 is 0. The Morgan fingerprint density at radius 1 is 1.26 bits per heavy atom.